The van der Waals surface area contributed by atoms with E-state index in [0.29, 0.717) is 0 Å². The highest BCUT2D eigenvalue weighted by Crippen LogP contribution is 2.20. The summed E-state index contributed by atoms with van der Waals surface area (Å²) in [6, 6.07) is 0. The second-order valence-electron chi connectivity index (χ2n) is 2.52. The SMILES string of the molecule is C[C@@H]1O[C@H](CF)C(O)C1O. The Balaban J connectivity index is 2.53. The summed E-state index contributed by atoms with van der Waals surface area (Å²) in [5, 5.41) is 18.0. The standard InChI is InChI=1S/C6H11FO3/c1-3-5(8)6(9)4(2-7)10-3/h3-6,8-9H,2H2,1H3/t3-,4+,5?,6?/m0/s1. The van der Waals surface area contributed by atoms with Crippen molar-refractivity contribution in [1.29, 1.82) is 0 Å². The molecule has 0 aromatic rings. The van der Waals surface area contributed by atoms with E-state index in [2.05, 4.69) is 0 Å². The number of alkyl halides is 1. The largest absolute Gasteiger partial charge is 0.388 e. The minimum Gasteiger partial charge on any atom is -0.388 e. The molecule has 3 nitrogen and oxygen atoms in total. The van der Waals surface area contributed by atoms with Crippen molar-refractivity contribution in [3.8, 4) is 0 Å². The fourth-order valence-corrected chi connectivity index (χ4v) is 1.06. The molecule has 0 radical (unpaired) electrons. The van der Waals surface area contributed by atoms with E-state index in [-0.39, 0.29) is 0 Å². The van der Waals surface area contributed by atoms with Gasteiger partial charge in [-0.15, -0.1) is 0 Å². The van der Waals surface area contributed by atoms with Crippen LogP contribution in [-0.4, -0.2) is 41.3 Å². The molecule has 4 heteroatoms. The average Bonchev–Trinajstić information content (AvgIpc) is 2.17. The minimum atomic E-state index is -1.07. The Morgan fingerprint density at radius 2 is 2.00 bits per heavy atom. The third-order valence-corrected chi connectivity index (χ3v) is 1.75. The lowest BCUT2D eigenvalue weighted by Crippen LogP contribution is -2.32. The zero-order chi connectivity index (χ0) is 7.72. The molecule has 0 aromatic heterocycles. The normalized spacial score (nSPS) is 48.0. The number of ether oxygens (including phenoxy) is 1. The summed E-state index contributed by atoms with van der Waals surface area (Å²) in [6.45, 7) is 0.853. The van der Waals surface area contributed by atoms with Gasteiger partial charge in [0.1, 0.15) is 25.0 Å². The number of aliphatic hydroxyl groups excluding tert-OH is 2. The van der Waals surface area contributed by atoms with E-state index in [9.17, 15) is 4.39 Å². The van der Waals surface area contributed by atoms with Gasteiger partial charge in [0, 0.05) is 0 Å². The molecule has 0 aromatic carbocycles. The van der Waals surface area contributed by atoms with E-state index in [0.717, 1.165) is 0 Å². The molecule has 0 saturated carbocycles. The fraction of sp³-hybridized carbons (Fsp3) is 1.00. The molecule has 10 heavy (non-hydrogen) atoms. The van der Waals surface area contributed by atoms with Crippen molar-refractivity contribution in [2.24, 2.45) is 0 Å². The van der Waals surface area contributed by atoms with Crippen LogP contribution < -0.4 is 0 Å². The Kier molecular flexibility index (Phi) is 2.23. The lowest BCUT2D eigenvalue weighted by molar-refractivity contribution is 0.00203. The van der Waals surface area contributed by atoms with Gasteiger partial charge in [-0.1, -0.05) is 0 Å². The van der Waals surface area contributed by atoms with Crippen LogP contribution >= 0.6 is 0 Å². The molecule has 0 aliphatic carbocycles. The molecule has 1 aliphatic heterocycles. The van der Waals surface area contributed by atoms with Crippen LogP contribution in [0.25, 0.3) is 0 Å². The van der Waals surface area contributed by atoms with Crippen LogP contribution in [0.3, 0.4) is 0 Å². The maximum Gasteiger partial charge on any atom is 0.118 e. The molecule has 2 N–H and O–H groups in total. The van der Waals surface area contributed by atoms with Gasteiger partial charge >= 0.3 is 0 Å². The Morgan fingerprint density at radius 3 is 2.20 bits per heavy atom. The predicted octanol–water partition coefficient (Wildman–Crippen LogP) is -0.535. The van der Waals surface area contributed by atoms with Crippen LogP contribution in [0.5, 0.6) is 0 Å². The van der Waals surface area contributed by atoms with Gasteiger partial charge < -0.3 is 14.9 Å². The van der Waals surface area contributed by atoms with Crippen molar-refractivity contribution in [2.45, 2.75) is 31.3 Å². The molecule has 1 fully saturated rings. The molecule has 0 bridgehead atoms. The van der Waals surface area contributed by atoms with Gasteiger partial charge in [0.05, 0.1) is 6.10 Å². The van der Waals surface area contributed by atoms with Gasteiger partial charge in [-0.25, -0.2) is 4.39 Å². The second-order valence-corrected chi connectivity index (χ2v) is 2.52. The van der Waals surface area contributed by atoms with E-state index in [1.165, 1.54) is 0 Å². The smallest absolute Gasteiger partial charge is 0.118 e. The number of hydrogen-bond acceptors (Lipinski definition) is 3. The number of aliphatic hydroxyl groups is 2. The molecular formula is C6H11FO3. The van der Waals surface area contributed by atoms with E-state index in [1.54, 1.807) is 6.92 Å². The summed E-state index contributed by atoms with van der Waals surface area (Å²) >= 11 is 0. The van der Waals surface area contributed by atoms with Gasteiger partial charge in [-0.2, -0.15) is 0 Å². The Hall–Kier alpha value is -0.190. The first-order valence-electron chi connectivity index (χ1n) is 3.24. The van der Waals surface area contributed by atoms with Crippen molar-refractivity contribution < 1.29 is 19.3 Å². The van der Waals surface area contributed by atoms with E-state index in [1.807, 2.05) is 0 Å². The molecule has 1 saturated heterocycles. The molecular weight excluding hydrogens is 139 g/mol. The fourth-order valence-electron chi connectivity index (χ4n) is 1.06. The van der Waals surface area contributed by atoms with Crippen LogP contribution in [0.4, 0.5) is 4.39 Å². The van der Waals surface area contributed by atoms with E-state index >= 15 is 0 Å². The lowest BCUT2D eigenvalue weighted by Gasteiger charge is -2.09. The highest BCUT2D eigenvalue weighted by molar-refractivity contribution is 4.87. The third kappa shape index (κ3) is 1.14. The molecule has 1 rings (SSSR count). The molecule has 60 valence electrons. The Labute approximate surface area is 58.4 Å². The van der Waals surface area contributed by atoms with Crippen molar-refractivity contribution >= 4 is 0 Å². The minimum absolute atomic E-state index is 0.462. The van der Waals surface area contributed by atoms with Crippen LogP contribution in [-0.2, 0) is 4.74 Å². The van der Waals surface area contributed by atoms with E-state index < -0.39 is 31.1 Å². The maximum atomic E-state index is 11.9. The predicted molar refractivity (Wildman–Crippen MR) is 32.3 cm³/mol. The van der Waals surface area contributed by atoms with Gasteiger partial charge in [0.25, 0.3) is 0 Å². The molecule has 4 atom stereocenters. The molecule has 1 heterocycles. The highest BCUT2D eigenvalue weighted by atomic mass is 19.1. The summed E-state index contributed by atoms with van der Waals surface area (Å²) < 4.78 is 16.8. The van der Waals surface area contributed by atoms with Gasteiger partial charge in [0.2, 0.25) is 0 Å². The average molecular weight is 150 g/mol. The van der Waals surface area contributed by atoms with Crippen LogP contribution in [0.15, 0.2) is 0 Å². The van der Waals surface area contributed by atoms with Crippen LogP contribution in [0, 0.1) is 0 Å². The number of rotatable bonds is 1. The topological polar surface area (TPSA) is 49.7 Å². The maximum absolute atomic E-state index is 11.9. The second kappa shape index (κ2) is 2.82. The molecule has 1 aliphatic rings. The molecule has 0 amide bonds. The van der Waals surface area contributed by atoms with Crippen LogP contribution in [0.2, 0.25) is 0 Å². The van der Waals surface area contributed by atoms with Crippen molar-refractivity contribution in [3.05, 3.63) is 0 Å². The van der Waals surface area contributed by atoms with Crippen molar-refractivity contribution in [3.63, 3.8) is 0 Å². The summed E-state index contributed by atoms with van der Waals surface area (Å²) in [4.78, 5) is 0. The van der Waals surface area contributed by atoms with Gasteiger partial charge in [-0.05, 0) is 6.92 Å². The first-order chi connectivity index (χ1) is 4.66. The number of hydrogen-bond donors (Lipinski definition) is 2. The zero-order valence-corrected chi connectivity index (χ0v) is 5.70. The Morgan fingerprint density at radius 1 is 1.40 bits per heavy atom. The highest BCUT2D eigenvalue weighted by Gasteiger charge is 2.39. The van der Waals surface area contributed by atoms with Crippen molar-refractivity contribution in [1.82, 2.24) is 0 Å². The van der Waals surface area contributed by atoms with Gasteiger partial charge in [-0.3, -0.25) is 0 Å². The summed E-state index contributed by atoms with van der Waals surface area (Å²) in [6.07, 6.45) is -3.32. The Bertz CT molecular complexity index is 120. The summed E-state index contributed by atoms with van der Waals surface area (Å²) in [5.41, 5.74) is 0. The lowest BCUT2D eigenvalue weighted by atomic mass is 10.1. The molecule has 2 unspecified atom stereocenters. The summed E-state index contributed by atoms with van der Waals surface area (Å²) in [5.74, 6) is 0. The number of halogens is 1. The first-order valence-corrected chi connectivity index (χ1v) is 3.24. The third-order valence-electron chi connectivity index (χ3n) is 1.75. The van der Waals surface area contributed by atoms with E-state index in [4.69, 9.17) is 14.9 Å². The first kappa shape index (κ1) is 7.91. The summed E-state index contributed by atoms with van der Waals surface area (Å²) in [7, 11) is 0. The zero-order valence-electron chi connectivity index (χ0n) is 5.70. The molecule has 0 spiro atoms. The van der Waals surface area contributed by atoms with Gasteiger partial charge in [0.15, 0.2) is 0 Å². The monoisotopic (exact) mass is 150 g/mol. The van der Waals surface area contributed by atoms with Crippen LogP contribution in [0.1, 0.15) is 6.92 Å². The van der Waals surface area contributed by atoms with Crippen molar-refractivity contribution in [2.75, 3.05) is 6.67 Å². The quantitative estimate of drug-likeness (QED) is 0.528.